The van der Waals surface area contributed by atoms with Crippen molar-refractivity contribution >= 4 is 30.5 Å². The standard InChI is InChI=1S/C15H17N3.2ClH/c1-2-14(13-4-6-16-7-5-13)12-15(3-1)18-10-8-17-9-11-18;;/h1-7,12,17H,8-11H2;2*1H. The molecule has 0 amide bonds. The molecule has 108 valence electrons. The molecule has 0 bridgehead atoms. The van der Waals surface area contributed by atoms with E-state index in [2.05, 4.69) is 51.6 Å². The van der Waals surface area contributed by atoms with Gasteiger partial charge in [0.05, 0.1) is 0 Å². The normalized spacial score (nSPS) is 14.1. The number of rotatable bonds is 2. The SMILES string of the molecule is Cl.Cl.c1cc(-c2ccncc2)cc(N2CCNCC2)c1. The predicted molar refractivity (Wildman–Crippen MR) is 89.3 cm³/mol. The van der Waals surface area contributed by atoms with Gasteiger partial charge in [0.1, 0.15) is 0 Å². The summed E-state index contributed by atoms with van der Waals surface area (Å²) in [4.78, 5) is 6.50. The largest absolute Gasteiger partial charge is 0.369 e. The Balaban J connectivity index is 0.000001000. The number of nitrogens with zero attached hydrogens (tertiary/aromatic N) is 2. The average molecular weight is 312 g/mol. The Morgan fingerprint density at radius 1 is 0.900 bits per heavy atom. The molecule has 1 saturated heterocycles. The lowest BCUT2D eigenvalue weighted by Gasteiger charge is -2.29. The van der Waals surface area contributed by atoms with E-state index in [9.17, 15) is 0 Å². The summed E-state index contributed by atoms with van der Waals surface area (Å²) >= 11 is 0. The first-order valence-corrected chi connectivity index (χ1v) is 6.39. The molecule has 0 spiro atoms. The highest BCUT2D eigenvalue weighted by Gasteiger charge is 2.10. The molecule has 0 radical (unpaired) electrons. The molecule has 1 aliphatic heterocycles. The minimum atomic E-state index is 0. The number of hydrogen-bond donors (Lipinski definition) is 1. The van der Waals surface area contributed by atoms with Crippen molar-refractivity contribution in [2.24, 2.45) is 0 Å². The Morgan fingerprint density at radius 2 is 1.60 bits per heavy atom. The number of benzene rings is 1. The average Bonchev–Trinajstić information content (AvgIpc) is 2.49. The summed E-state index contributed by atoms with van der Waals surface area (Å²) in [6.45, 7) is 4.30. The van der Waals surface area contributed by atoms with Crippen LogP contribution in [0.2, 0.25) is 0 Å². The highest BCUT2D eigenvalue weighted by molar-refractivity contribution is 5.85. The van der Waals surface area contributed by atoms with E-state index in [0.717, 1.165) is 26.2 Å². The topological polar surface area (TPSA) is 28.2 Å². The van der Waals surface area contributed by atoms with E-state index in [1.54, 1.807) is 0 Å². The number of hydrogen-bond acceptors (Lipinski definition) is 3. The molecule has 3 rings (SSSR count). The van der Waals surface area contributed by atoms with E-state index in [1.807, 2.05) is 12.4 Å². The molecule has 1 N–H and O–H groups in total. The second kappa shape index (κ2) is 8.10. The third kappa shape index (κ3) is 3.85. The molecule has 0 unspecified atom stereocenters. The summed E-state index contributed by atoms with van der Waals surface area (Å²) in [6, 6.07) is 12.8. The van der Waals surface area contributed by atoms with Crippen LogP contribution < -0.4 is 10.2 Å². The van der Waals surface area contributed by atoms with Crippen molar-refractivity contribution in [3.05, 3.63) is 48.8 Å². The summed E-state index contributed by atoms with van der Waals surface area (Å²) in [5.74, 6) is 0. The van der Waals surface area contributed by atoms with Crippen molar-refractivity contribution < 1.29 is 0 Å². The molecule has 2 heterocycles. The Morgan fingerprint density at radius 3 is 2.30 bits per heavy atom. The first kappa shape index (κ1) is 16.8. The fraction of sp³-hybridized carbons (Fsp3) is 0.267. The lowest BCUT2D eigenvalue weighted by atomic mass is 10.1. The predicted octanol–water partition coefficient (Wildman–Crippen LogP) is 3.00. The monoisotopic (exact) mass is 311 g/mol. The minimum absolute atomic E-state index is 0. The third-order valence-electron chi connectivity index (χ3n) is 3.34. The van der Waals surface area contributed by atoms with Crippen molar-refractivity contribution in [2.75, 3.05) is 31.1 Å². The molecular weight excluding hydrogens is 293 g/mol. The van der Waals surface area contributed by atoms with Crippen LogP contribution in [0.3, 0.4) is 0 Å². The molecule has 2 aromatic rings. The molecule has 1 aliphatic rings. The smallest absolute Gasteiger partial charge is 0.0373 e. The minimum Gasteiger partial charge on any atom is -0.369 e. The van der Waals surface area contributed by atoms with Crippen LogP contribution in [0, 0.1) is 0 Å². The van der Waals surface area contributed by atoms with E-state index in [1.165, 1.54) is 16.8 Å². The van der Waals surface area contributed by atoms with Crippen molar-refractivity contribution in [1.82, 2.24) is 10.3 Å². The van der Waals surface area contributed by atoms with E-state index in [4.69, 9.17) is 0 Å². The Hall–Kier alpha value is -1.29. The van der Waals surface area contributed by atoms with Crippen LogP contribution >= 0.6 is 24.8 Å². The van der Waals surface area contributed by atoms with Crippen molar-refractivity contribution in [1.29, 1.82) is 0 Å². The number of pyridine rings is 1. The zero-order chi connectivity index (χ0) is 12.2. The maximum Gasteiger partial charge on any atom is 0.0373 e. The number of halogens is 2. The van der Waals surface area contributed by atoms with Gasteiger partial charge in [0.15, 0.2) is 0 Å². The number of anilines is 1. The molecule has 1 aromatic heterocycles. The molecule has 5 heteroatoms. The van der Waals surface area contributed by atoms with E-state index >= 15 is 0 Å². The van der Waals surface area contributed by atoms with Gasteiger partial charge in [-0.15, -0.1) is 24.8 Å². The highest BCUT2D eigenvalue weighted by atomic mass is 35.5. The van der Waals surface area contributed by atoms with Crippen molar-refractivity contribution in [2.45, 2.75) is 0 Å². The first-order valence-electron chi connectivity index (χ1n) is 6.39. The summed E-state index contributed by atoms with van der Waals surface area (Å²) < 4.78 is 0. The molecule has 1 aromatic carbocycles. The third-order valence-corrected chi connectivity index (χ3v) is 3.34. The fourth-order valence-corrected chi connectivity index (χ4v) is 2.35. The highest BCUT2D eigenvalue weighted by Crippen LogP contribution is 2.24. The number of aromatic nitrogens is 1. The van der Waals surface area contributed by atoms with Gasteiger partial charge in [-0.25, -0.2) is 0 Å². The van der Waals surface area contributed by atoms with Crippen LogP contribution in [-0.4, -0.2) is 31.2 Å². The van der Waals surface area contributed by atoms with Gasteiger partial charge in [0.25, 0.3) is 0 Å². The quantitative estimate of drug-likeness (QED) is 0.924. The van der Waals surface area contributed by atoms with Crippen LogP contribution in [0.15, 0.2) is 48.8 Å². The number of nitrogens with one attached hydrogen (secondary N) is 1. The molecular formula is C15H19Cl2N3. The van der Waals surface area contributed by atoms with Gasteiger partial charge in [-0.3, -0.25) is 4.98 Å². The Bertz CT molecular complexity index is 514. The Kier molecular flexibility index (Phi) is 6.79. The summed E-state index contributed by atoms with van der Waals surface area (Å²) in [7, 11) is 0. The van der Waals surface area contributed by atoms with E-state index in [0.29, 0.717) is 0 Å². The summed E-state index contributed by atoms with van der Waals surface area (Å²) in [6.07, 6.45) is 3.68. The van der Waals surface area contributed by atoms with E-state index in [-0.39, 0.29) is 24.8 Å². The van der Waals surface area contributed by atoms with Crippen LogP contribution in [-0.2, 0) is 0 Å². The number of piperazine rings is 1. The van der Waals surface area contributed by atoms with Gasteiger partial charge in [-0.2, -0.15) is 0 Å². The van der Waals surface area contributed by atoms with Crippen LogP contribution in [0.5, 0.6) is 0 Å². The summed E-state index contributed by atoms with van der Waals surface area (Å²) in [5, 5.41) is 3.38. The maximum absolute atomic E-state index is 4.06. The molecule has 0 aliphatic carbocycles. The van der Waals surface area contributed by atoms with Crippen molar-refractivity contribution in [3.8, 4) is 11.1 Å². The molecule has 0 atom stereocenters. The molecule has 20 heavy (non-hydrogen) atoms. The van der Waals surface area contributed by atoms with Gasteiger partial charge in [-0.05, 0) is 35.4 Å². The first-order chi connectivity index (χ1) is 8.93. The maximum atomic E-state index is 4.06. The van der Waals surface area contributed by atoms with Gasteiger partial charge in [-0.1, -0.05) is 12.1 Å². The molecule has 0 saturated carbocycles. The summed E-state index contributed by atoms with van der Waals surface area (Å²) in [5.41, 5.74) is 3.79. The second-order valence-corrected chi connectivity index (χ2v) is 4.52. The fourth-order valence-electron chi connectivity index (χ4n) is 2.35. The Labute approximate surface area is 132 Å². The molecule has 1 fully saturated rings. The van der Waals surface area contributed by atoms with Gasteiger partial charge in [0, 0.05) is 44.3 Å². The lowest BCUT2D eigenvalue weighted by molar-refractivity contribution is 0.589. The van der Waals surface area contributed by atoms with Crippen molar-refractivity contribution in [3.63, 3.8) is 0 Å². The van der Waals surface area contributed by atoms with E-state index < -0.39 is 0 Å². The van der Waals surface area contributed by atoms with Gasteiger partial charge < -0.3 is 10.2 Å². The molecule has 3 nitrogen and oxygen atoms in total. The zero-order valence-electron chi connectivity index (χ0n) is 11.2. The van der Waals surface area contributed by atoms with Crippen LogP contribution in [0.25, 0.3) is 11.1 Å². The lowest BCUT2D eigenvalue weighted by Crippen LogP contribution is -2.43. The van der Waals surface area contributed by atoms with Crippen LogP contribution in [0.4, 0.5) is 5.69 Å². The second-order valence-electron chi connectivity index (χ2n) is 4.52. The zero-order valence-corrected chi connectivity index (χ0v) is 12.8. The van der Waals surface area contributed by atoms with Crippen LogP contribution in [0.1, 0.15) is 0 Å². The van der Waals surface area contributed by atoms with Gasteiger partial charge in [0.2, 0.25) is 0 Å². The van der Waals surface area contributed by atoms with Gasteiger partial charge >= 0.3 is 0 Å².